The molecule has 150 valence electrons. The van der Waals surface area contributed by atoms with Gasteiger partial charge in [-0.15, -0.1) is 0 Å². The molecule has 1 amide bonds. The summed E-state index contributed by atoms with van der Waals surface area (Å²) in [6.07, 6.45) is -1.07. The van der Waals surface area contributed by atoms with Gasteiger partial charge in [0.05, 0.1) is 18.5 Å². The largest absolute Gasteiger partial charge is 0.416 e. The fourth-order valence-electron chi connectivity index (χ4n) is 3.26. The van der Waals surface area contributed by atoms with Gasteiger partial charge in [0.25, 0.3) is 0 Å². The van der Waals surface area contributed by atoms with Crippen molar-refractivity contribution < 1.29 is 18.0 Å². The Kier molecular flexibility index (Phi) is 6.16. The molecule has 2 aromatic rings. The molecule has 1 aliphatic heterocycles. The molecule has 8 heteroatoms. The lowest BCUT2D eigenvalue weighted by atomic mass is 10.1. The van der Waals surface area contributed by atoms with Crippen LogP contribution in [0.1, 0.15) is 41.9 Å². The van der Waals surface area contributed by atoms with E-state index in [-0.39, 0.29) is 18.9 Å². The third-order valence-corrected chi connectivity index (χ3v) is 4.63. The summed E-state index contributed by atoms with van der Waals surface area (Å²) in [5, 5.41) is 2.70. The molecule has 0 radical (unpaired) electrons. The number of piperidine rings is 1. The molecule has 1 aromatic carbocycles. The van der Waals surface area contributed by atoms with Gasteiger partial charge in [-0.3, -0.25) is 4.79 Å². The van der Waals surface area contributed by atoms with Crippen LogP contribution in [0.15, 0.2) is 30.3 Å². The second kappa shape index (κ2) is 8.58. The van der Waals surface area contributed by atoms with Gasteiger partial charge in [-0.2, -0.15) is 13.2 Å². The number of nitrogens with one attached hydrogen (secondary N) is 1. The molecule has 1 fully saturated rings. The minimum absolute atomic E-state index is 0.130. The number of anilines is 1. The van der Waals surface area contributed by atoms with Crippen molar-refractivity contribution in [2.75, 3.05) is 18.0 Å². The van der Waals surface area contributed by atoms with Crippen LogP contribution in [0.3, 0.4) is 0 Å². The Morgan fingerprint density at radius 1 is 1.14 bits per heavy atom. The van der Waals surface area contributed by atoms with Gasteiger partial charge in [-0.1, -0.05) is 18.2 Å². The fourth-order valence-corrected chi connectivity index (χ4v) is 3.26. The average molecular weight is 392 g/mol. The molecular weight excluding hydrogens is 369 g/mol. The quantitative estimate of drug-likeness (QED) is 0.844. The number of aryl methyl sites for hydroxylation is 1. The topological polar surface area (TPSA) is 58.1 Å². The van der Waals surface area contributed by atoms with Gasteiger partial charge in [-0.25, -0.2) is 9.97 Å². The summed E-state index contributed by atoms with van der Waals surface area (Å²) in [4.78, 5) is 23.3. The van der Waals surface area contributed by atoms with Crippen LogP contribution in [0.4, 0.5) is 19.0 Å². The number of hydrogen-bond donors (Lipinski definition) is 1. The summed E-state index contributed by atoms with van der Waals surface area (Å²) in [6.45, 7) is 3.93. The molecule has 1 aliphatic rings. The van der Waals surface area contributed by atoms with Gasteiger partial charge in [-0.05, 0) is 37.8 Å². The Morgan fingerprint density at radius 2 is 1.89 bits per heavy atom. The second-order valence-corrected chi connectivity index (χ2v) is 6.98. The lowest BCUT2D eigenvalue weighted by molar-refractivity contribution is -0.137. The Hall–Kier alpha value is -2.64. The highest BCUT2D eigenvalue weighted by Crippen LogP contribution is 2.29. The van der Waals surface area contributed by atoms with Crippen molar-refractivity contribution in [3.05, 3.63) is 53.0 Å². The molecule has 5 nitrogen and oxygen atoms in total. The van der Waals surface area contributed by atoms with Crippen LogP contribution in [-0.2, 0) is 23.9 Å². The van der Waals surface area contributed by atoms with Crippen molar-refractivity contribution >= 4 is 11.7 Å². The number of hydrogen-bond acceptors (Lipinski definition) is 4. The molecule has 0 saturated carbocycles. The van der Waals surface area contributed by atoms with Crippen LogP contribution in [0.5, 0.6) is 0 Å². The molecule has 0 atom stereocenters. The van der Waals surface area contributed by atoms with Crippen LogP contribution in [0.2, 0.25) is 0 Å². The van der Waals surface area contributed by atoms with Crippen molar-refractivity contribution in [3.8, 4) is 0 Å². The van der Waals surface area contributed by atoms with Gasteiger partial charge < -0.3 is 10.2 Å². The zero-order chi connectivity index (χ0) is 20.1. The number of aromatic nitrogens is 2. The van der Waals surface area contributed by atoms with Crippen LogP contribution in [0.25, 0.3) is 0 Å². The van der Waals surface area contributed by atoms with E-state index in [1.165, 1.54) is 18.6 Å². The third kappa shape index (κ3) is 5.43. The van der Waals surface area contributed by atoms with Crippen LogP contribution in [0, 0.1) is 6.92 Å². The van der Waals surface area contributed by atoms with E-state index in [1.54, 1.807) is 0 Å². The van der Waals surface area contributed by atoms with E-state index in [9.17, 15) is 18.0 Å². The fraction of sp³-hybridized carbons (Fsp3) is 0.450. The number of halogens is 3. The highest BCUT2D eigenvalue weighted by atomic mass is 19.4. The number of rotatable bonds is 5. The summed E-state index contributed by atoms with van der Waals surface area (Å²) < 4.78 is 38.3. The first-order chi connectivity index (χ1) is 13.3. The van der Waals surface area contributed by atoms with Gasteiger partial charge in [0.1, 0.15) is 11.6 Å². The standard InChI is InChI=1S/C20H23F3N4O/c1-14-10-18(27-8-3-2-4-9-27)26-17(25-14)13-24-19(28)12-15-6-5-7-16(11-15)20(21,22)23/h5-7,10-11H,2-4,8-9,12-13H2,1H3,(H,24,28). The number of carbonyl (C=O) groups excluding carboxylic acids is 1. The second-order valence-electron chi connectivity index (χ2n) is 6.98. The molecule has 0 unspecified atom stereocenters. The van der Waals surface area contributed by atoms with E-state index in [0.717, 1.165) is 49.6 Å². The summed E-state index contributed by atoms with van der Waals surface area (Å²) in [6, 6.07) is 6.73. The SMILES string of the molecule is Cc1cc(N2CCCCC2)nc(CNC(=O)Cc2cccc(C(F)(F)F)c2)n1. The Bertz CT molecular complexity index is 832. The molecule has 1 N–H and O–H groups in total. The maximum atomic E-state index is 12.8. The van der Waals surface area contributed by atoms with Crippen molar-refractivity contribution in [1.29, 1.82) is 0 Å². The molecule has 3 rings (SSSR count). The Balaban J connectivity index is 1.61. The predicted molar refractivity (Wildman–Crippen MR) is 99.8 cm³/mol. The van der Waals surface area contributed by atoms with Gasteiger partial charge in [0.2, 0.25) is 5.91 Å². The summed E-state index contributed by atoms with van der Waals surface area (Å²) in [5.74, 6) is 0.983. The molecule has 1 saturated heterocycles. The highest BCUT2D eigenvalue weighted by molar-refractivity contribution is 5.78. The van der Waals surface area contributed by atoms with Crippen LogP contribution in [-0.4, -0.2) is 29.0 Å². The molecule has 0 aliphatic carbocycles. The minimum atomic E-state index is -4.42. The maximum absolute atomic E-state index is 12.8. The number of amides is 1. The first-order valence-corrected chi connectivity index (χ1v) is 9.33. The summed E-state index contributed by atoms with van der Waals surface area (Å²) in [5.41, 5.74) is 0.371. The number of alkyl halides is 3. The van der Waals surface area contributed by atoms with Crippen molar-refractivity contribution in [2.45, 2.75) is 45.3 Å². The van der Waals surface area contributed by atoms with E-state index in [2.05, 4.69) is 20.2 Å². The van der Waals surface area contributed by atoms with E-state index < -0.39 is 11.7 Å². The lowest BCUT2D eigenvalue weighted by Gasteiger charge is -2.28. The van der Waals surface area contributed by atoms with E-state index in [4.69, 9.17) is 0 Å². The molecule has 1 aromatic heterocycles. The monoisotopic (exact) mass is 392 g/mol. The summed E-state index contributed by atoms with van der Waals surface area (Å²) >= 11 is 0. The number of carbonyl (C=O) groups is 1. The van der Waals surface area contributed by atoms with E-state index in [1.807, 2.05) is 13.0 Å². The normalized spacial score (nSPS) is 14.8. The number of nitrogens with zero attached hydrogens (tertiary/aromatic N) is 3. The lowest BCUT2D eigenvalue weighted by Crippen LogP contribution is -2.31. The van der Waals surface area contributed by atoms with Crippen LogP contribution >= 0.6 is 0 Å². The van der Waals surface area contributed by atoms with E-state index >= 15 is 0 Å². The van der Waals surface area contributed by atoms with Crippen molar-refractivity contribution in [1.82, 2.24) is 15.3 Å². The summed E-state index contributed by atoms with van der Waals surface area (Å²) in [7, 11) is 0. The van der Waals surface area contributed by atoms with Gasteiger partial charge in [0.15, 0.2) is 0 Å². The third-order valence-electron chi connectivity index (χ3n) is 4.63. The first kappa shape index (κ1) is 20.1. The number of benzene rings is 1. The molecular formula is C20H23F3N4O. The molecule has 2 heterocycles. The minimum Gasteiger partial charge on any atom is -0.357 e. The van der Waals surface area contributed by atoms with Crippen molar-refractivity contribution in [3.63, 3.8) is 0 Å². The van der Waals surface area contributed by atoms with Gasteiger partial charge >= 0.3 is 6.18 Å². The van der Waals surface area contributed by atoms with Gasteiger partial charge in [0, 0.05) is 24.8 Å². The predicted octanol–water partition coefficient (Wildman–Crippen LogP) is 3.65. The van der Waals surface area contributed by atoms with E-state index in [0.29, 0.717) is 11.4 Å². The zero-order valence-electron chi connectivity index (χ0n) is 15.7. The van der Waals surface area contributed by atoms with Crippen LogP contribution < -0.4 is 10.2 Å². The average Bonchev–Trinajstić information content (AvgIpc) is 2.66. The Labute approximate surface area is 162 Å². The first-order valence-electron chi connectivity index (χ1n) is 9.33. The molecule has 0 bridgehead atoms. The molecule has 0 spiro atoms. The highest BCUT2D eigenvalue weighted by Gasteiger charge is 2.30. The maximum Gasteiger partial charge on any atom is 0.416 e. The zero-order valence-corrected chi connectivity index (χ0v) is 15.7. The Morgan fingerprint density at radius 3 is 2.61 bits per heavy atom. The van der Waals surface area contributed by atoms with Crippen molar-refractivity contribution in [2.24, 2.45) is 0 Å². The smallest absolute Gasteiger partial charge is 0.357 e. The molecule has 28 heavy (non-hydrogen) atoms.